The van der Waals surface area contributed by atoms with Crippen LogP contribution >= 0.6 is 0 Å². The third-order valence-corrected chi connectivity index (χ3v) is 5.04. The van der Waals surface area contributed by atoms with E-state index in [0.717, 1.165) is 6.61 Å². The second-order valence-corrected chi connectivity index (χ2v) is 6.86. The summed E-state index contributed by atoms with van der Waals surface area (Å²) in [5.74, 6) is 0.704. The predicted octanol–water partition coefficient (Wildman–Crippen LogP) is 1.69. The molecule has 0 aromatic carbocycles. The fraction of sp³-hybridized carbons (Fsp3) is 1.00. The molecule has 17 heavy (non-hydrogen) atoms. The largest absolute Gasteiger partial charge is 0.389 e. The van der Waals surface area contributed by atoms with Crippen LogP contribution in [0, 0.1) is 11.3 Å². The second kappa shape index (κ2) is 3.94. The van der Waals surface area contributed by atoms with Gasteiger partial charge in [0.05, 0.1) is 11.7 Å². The van der Waals surface area contributed by atoms with E-state index in [-0.39, 0.29) is 0 Å². The smallest absolute Gasteiger partial charge is 0.0715 e. The molecule has 3 unspecified atom stereocenters. The van der Waals surface area contributed by atoms with Gasteiger partial charge in [0.25, 0.3) is 0 Å². The molecule has 3 atom stereocenters. The molecule has 0 radical (unpaired) electrons. The van der Waals surface area contributed by atoms with E-state index in [1.165, 1.54) is 32.1 Å². The molecule has 3 nitrogen and oxygen atoms in total. The first-order chi connectivity index (χ1) is 8.03. The van der Waals surface area contributed by atoms with Crippen molar-refractivity contribution in [2.24, 2.45) is 11.3 Å². The van der Waals surface area contributed by atoms with Crippen LogP contribution in [-0.2, 0) is 4.74 Å². The van der Waals surface area contributed by atoms with Crippen molar-refractivity contribution in [1.82, 2.24) is 5.32 Å². The maximum absolute atomic E-state index is 9.86. The Labute approximate surface area is 104 Å². The highest BCUT2D eigenvalue weighted by molar-refractivity contribution is 5.16. The fourth-order valence-electron chi connectivity index (χ4n) is 4.37. The second-order valence-electron chi connectivity index (χ2n) is 6.86. The van der Waals surface area contributed by atoms with Gasteiger partial charge in [-0.15, -0.1) is 0 Å². The molecule has 3 aliphatic rings. The molecule has 98 valence electrons. The highest BCUT2D eigenvalue weighted by Gasteiger charge is 2.64. The first-order valence-corrected chi connectivity index (χ1v) is 7.10. The van der Waals surface area contributed by atoms with Gasteiger partial charge < -0.3 is 15.2 Å². The molecule has 3 rings (SSSR count). The van der Waals surface area contributed by atoms with E-state index in [1.807, 2.05) is 13.8 Å². The molecule has 1 saturated heterocycles. The molecule has 0 amide bonds. The van der Waals surface area contributed by atoms with E-state index in [2.05, 4.69) is 5.32 Å². The lowest BCUT2D eigenvalue weighted by Gasteiger charge is -2.57. The first kappa shape index (κ1) is 11.9. The Morgan fingerprint density at radius 1 is 1.35 bits per heavy atom. The third-order valence-electron chi connectivity index (χ3n) is 5.04. The number of rotatable bonds is 3. The van der Waals surface area contributed by atoms with Gasteiger partial charge in [0, 0.05) is 30.5 Å². The number of ether oxygens (including phenoxy) is 1. The van der Waals surface area contributed by atoms with Crippen molar-refractivity contribution >= 4 is 0 Å². The zero-order valence-corrected chi connectivity index (χ0v) is 11.0. The van der Waals surface area contributed by atoms with Crippen molar-refractivity contribution in [3.8, 4) is 0 Å². The summed E-state index contributed by atoms with van der Waals surface area (Å²) >= 11 is 0. The molecule has 2 aliphatic carbocycles. The summed E-state index contributed by atoms with van der Waals surface area (Å²) in [7, 11) is 0. The lowest BCUT2D eigenvalue weighted by Crippen LogP contribution is -2.68. The van der Waals surface area contributed by atoms with E-state index in [9.17, 15) is 5.11 Å². The molecule has 1 spiro atoms. The normalized spacial score (nSPS) is 39.4. The van der Waals surface area contributed by atoms with E-state index < -0.39 is 5.60 Å². The number of hydrogen-bond acceptors (Lipinski definition) is 3. The van der Waals surface area contributed by atoms with Crippen molar-refractivity contribution in [2.75, 3.05) is 13.2 Å². The zero-order valence-electron chi connectivity index (χ0n) is 11.0. The lowest BCUT2D eigenvalue weighted by molar-refractivity contribution is -0.133. The average Bonchev–Trinajstić information content (AvgIpc) is 2.80. The van der Waals surface area contributed by atoms with E-state index in [1.54, 1.807) is 0 Å². The maximum Gasteiger partial charge on any atom is 0.0715 e. The van der Waals surface area contributed by atoms with Crippen LogP contribution in [-0.4, -0.2) is 36.0 Å². The van der Waals surface area contributed by atoms with Gasteiger partial charge in [-0.3, -0.25) is 0 Å². The van der Waals surface area contributed by atoms with Gasteiger partial charge >= 0.3 is 0 Å². The van der Waals surface area contributed by atoms with E-state index in [0.29, 0.717) is 30.0 Å². The van der Waals surface area contributed by atoms with Gasteiger partial charge in [0.1, 0.15) is 0 Å². The van der Waals surface area contributed by atoms with Gasteiger partial charge in [-0.1, -0.05) is 12.8 Å². The maximum atomic E-state index is 9.86. The van der Waals surface area contributed by atoms with Crippen LogP contribution in [0.25, 0.3) is 0 Å². The summed E-state index contributed by atoms with van der Waals surface area (Å²) in [6, 6.07) is 0.587. The molecular weight excluding hydrogens is 214 g/mol. The van der Waals surface area contributed by atoms with Crippen molar-refractivity contribution < 1.29 is 9.84 Å². The topological polar surface area (TPSA) is 41.5 Å². The number of nitrogens with one attached hydrogen (secondary N) is 1. The first-order valence-electron chi connectivity index (χ1n) is 7.10. The van der Waals surface area contributed by atoms with E-state index >= 15 is 0 Å². The van der Waals surface area contributed by atoms with Crippen LogP contribution < -0.4 is 5.32 Å². The summed E-state index contributed by atoms with van der Waals surface area (Å²) in [5, 5.41) is 13.5. The minimum atomic E-state index is -0.607. The highest BCUT2D eigenvalue weighted by atomic mass is 16.5. The minimum Gasteiger partial charge on any atom is -0.389 e. The minimum absolute atomic E-state index is 0.409. The number of hydrogen-bond donors (Lipinski definition) is 2. The van der Waals surface area contributed by atoms with Gasteiger partial charge in [0.15, 0.2) is 0 Å². The Balaban J connectivity index is 1.69. The van der Waals surface area contributed by atoms with Crippen molar-refractivity contribution in [3.05, 3.63) is 0 Å². The molecule has 3 heteroatoms. The summed E-state index contributed by atoms with van der Waals surface area (Å²) in [6.45, 7) is 5.39. The molecule has 0 bridgehead atoms. The summed E-state index contributed by atoms with van der Waals surface area (Å²) in [4.78, 5) is 0. The van der Waals surface area contributed by atoms with Crippen LogP contribution in [0.4, 0.5) is 0 Å². The van der Waals surface area contributed by atoms with Crippen LogP contribution in [0.3, 0.4) is 0 Å². The van der Waals surface area contributed by atoms with E-state index in [4.69, 9.17) is 4.74 Å². The van der Waals surface area contributed by atoms with Crippen LogP contribution in [0.15, 0.2) is 0 Å². The van der Waals surface area contributed by atoms with Crippen LogP contribution in [0.2, 0.25) is 0 Å². The average molecular weight is 239 g/mol. The molecule has 2 saturated carbocycles. The highest BCUT2D eigenvalue weighted by Crippen LogP contribution is 2.60. The SMILES string of the molecule is CC(C)(O)CNC1C2CCOC2C12CCCC2. The standard InChI is InChI=1S/C14H25NO2/c1-13(2,16)9-15-11-10-5-8-17-12(10)14(11)6-3-4-7-14/h10-12,15-16H,3-9H2,1-2H3. The molecule has 1 aliphatic heterocycles. The molecule has 0 aromatic rings. The quantitative estimate of drug-likeness (QED) is 0.787. The Kier molecular flexibility index (Phi) is 2.77. The molecular formula is C14H25NO2. The summed E-state index contributed by atoms with van der Waals surface area (Å²) in [6.07, 6.45) is 7.07. The van der Waals surface area contributed by atoms with Crippen LogP contribution in [0.5, 0.6) is 0 Å². The van der Waals surface area contributed by atoms with Gasteiger partial charge in [-0.25, -0.2) is 0 Å². The lowest BCUT2D eigenvalue weighted by atomic mass is 9.54. The fourth-order valence-corrected chi connectivity index (χ4v) is 4.37. The Hall–Kier alpha value is -0.120. The summed E-state index contributed by atoms with van der Waals surface area (Å²) < 4.78 is 5.95. The number of fused-ring (bicyclic) bond motifs is 2. The third kappa shape index (κ3) is 1.83. The van der Waals surface area contributed by atoms with Crippen molar-refractivity contribution in [3.63, 3.8) is 0 Å². The molecule has 0 aromatic heterocycles. The monoisotopic (exact) mass is 239 g/mol. The van der Waals surface area contributed by atoms with Gasteiger partial charge in [0.2, 0.25) is 0 Å². The molecule has 3 fully saturated rings. The van der Waals surface area contributed by atoms with Crippen LogP contribution in [0.1, 0.15) is 46.0 Å². The summed E-state index contributed by atoms with van der Waals surface area (Å²) in [5.41, 5.74) is -0.198. The Morgan fingerprint density at radius 3 is 2.71 bits per heavy atom. The molecule has 1 heterocycles. The van der Waals surface area contributed by atoms with Crippen molar-refractivity contribution in [1.29, 1.82) is 0 Å². The van der Waals surface area contributed by atoms with Gasteiger partial charge in [-0.2, -0.15) is 0 Å². The van der Waals surface area contributed by atoms with Gasteiger partial charge in [-0.05, 0) is 33.1 Å². The Bertz CT molecular complexity index is 291. The molecule has 2 N–H and O–H groups in total. The predicted molar refractivity (Wildman–Crippen MR) is 66.8 cm³/mol. The zero-order chi connectivity index (χ0) is 12.1. The number of aliphatic hydroxyl groups is 1. The van der Waals surface area contributed by atoms with Crippen molar-refractivity contribution in [2.45, 2.75) is 63.7 Å². The Morgan fingerprint density at radius 2 is 2.06 bits per heavy atom.